The topological polar surface area (TPSA) is 0 Å². The van der Waals surface area contributed by atoms with Crippen LogP contribution in [0, 0.1) is 0 Å². The molecule has 252 valence electrons. The van der Waals surface area contributed by atoms with E-state index in [1.807, 2.05) is 0 Å². The Morgan fingerprint density at radius 2 is 0.636 bits per heavy atom. The fourth-order valence-electron chi connectivity index (χ4n) is 11.0. The fraction of sp³-hybridized carbons (Fsp3) is 0.0182. The predicted octanol–water partition coefficient (Wildman–Crippen LogP) is 14.6. The van der Waals surface area contributed by atoms with Crippen molar-refractivity contribution in [2.45, 2.75) is 5.41 Å². The number of rotatable bonds is 1. The first-order valence-corrected chi connectivity index (χ1v) is 19.4. The zero-order valence-corrected chi connectivity index (χ0v) is 30.0. The Labute approximate surface area is 318 Å². The van der Waals surface area contributed by atoms with E-state index in [0.29, 0.717) is 0 Å². The first-order valence-electron chi connectivity index (χ1n) is 19.4. The Hall–Kier alpha value is -7.02. The van der Waals surface area contributed by atoms with Crippen molar-refractivity contribution in [3.8, 4) is 33.4 Å². The van der Waals surface area contributed by atoms with Gasteiger partial charge in [0.25, 0.3) is 0 Å². The molecule has 0 amide bonds. The van der Waals surface area contributed by atoms with E-state index in [-0.39, 0.29) is 0 Å². The van der Waals surface area contributed by atoms with Gasteiger partial charge in [0.05, 0.1) is 5.41 Å². The van der Waals surface area contributed by atoms with Gasteiger partial charge in [0.1, 0.15) is 0 Å². The lowest BCUT2D eigenvalue weighted by Gasteiger charge is -2.32. The molecule has 11 aromatic carbocycles. The zero-order valence-electron chi connectivity index (χ0n) is 30.0. The normalized spacial score (nSPS) is 13.6. The van der Waals surface area contributed by atoms with Gasteiger partial charge < -0.3 is 0 Å². The molecule has 0 bridgehead atoms. The van der Waals surface area contributed by atoms with Crippen LogP contribution in [-0.4, -0.2) is 0 Å². The van der Waals surface area contributed by atoms with Gasteiger partial charge in [0.15, 0.2) is 0 Å². The third-order valence-electron chi connectivity index (χ3n) is 13.0. The van der Waals surface area contributed by atoms with Crippen LogP contribution in [0.5, 0.6) is 0 Å². The molecule has 0 N–H and O–H groups in total. The maximum absolute atomic E-state index is 2.59. The molecule has 0 aliphatic heterocycles. The van der Waals surface area contributed by atoms with Crippen molar-refractivity contribution in [1.82, 2.24) is 0 Å². The summed E-state index contributed by atoms with van der Waals surface area (Å²) in [5.74, 6) is 0. The Morgan fingerprint density at radius 3 is 1.22 bits per heavy atom. The SMILES string of the molecule is c1ccc2c(c1)-c1ccccc1C21c2cc(-c3ccc4c5ccccc5c5ccccc5c4c3)c3ccccc3c2-c2c1c1ccccc1c1ccccc21. The summed E-state index contributed by atoms with van der Waals surface area (Å²) in [6.45, 7) is 0. The molecule has 55 heavy (non-hydrogen) atoms. The summed E-state index contributed by atoms with van der Waals surface area (Å²) in [4.78, 5) is 0. The lowest BCUT2D eigenvalue weighted by atomic mass is 9.68. The smallest absolute Gasteiger partial charge is 0.0619 e. The second kappa shape index (κ2) is 10.6. The fourth-order valence-corrected chi connectivity index (χ4v) is 11.0. The lowest BCUT2D eigenvalue weighted by molar-refractivity contribution is 0.803. The highest BCUT2D eigenvalue weighted by Gasteiger charge is 2.53. The molecule has 0 radical (unpaired) electrons. The van der Waals surface area contributed by atoms with Crippen molar-refractivity contribution in [1.29, 1.82) is 0 Å². The maximum Gasteiger partial charge on any atom is 0.0732 e. The van der Waals surface area contributed by atoms with Gasteiger partial charge in [-0.15, -0.1) is 0 Å². The molecule has 0 nitrogen and oxygen atoms in total. The molecule has 0 fully saturated rings. The van der Waals surface area contributed by atoms with Gasteiger partial charge in [-0.05, 0) is 132 Å². The van der Waals surface area contributed by atoms with Crippen molar-refractivity contribution in [3.05, 3.63) is 216 Å². The van der Waals surface area contributed by atoms with E-state index in [1.54, 1.807) is 0 Å². The number of hydrogen-bond acceptors (Lipinski definition) is 0. The van der Waals surface area contributed by atoms with Crippen LogP contribution in [0.2, 0.25) is 0 Å². The van der Waals surface area contributed by atoms with Crippen molar-refractivity contribution in [3.63, 3.8) is 0 Å². The van der Waals surface area contributed by atoms with Crippen molar-refractivity contribution >= 4 is 64.6 Å². The van der Waals surface area contributed by atoms with Gasteiger partial charge >= 0.3 is 0 Å². The van der Waals surface area contributed by atoms with Crippen LogP contribution in [0.4, 0.5) is 0 Å². The molecule has 0 heterocycles. The summed E-state index contributed by atoms with van der Waals surface area (Å²) in [6, 6.07) is 73.4. The summed E-state index contributed by atoms with van der Waals surface area (Å²) in [5.41, 5.74) is 12.9. The molecule has 13 rings (SSSR count). The van der Waals surface area contributed by atoms with Crippen LogP contribution in [0.3, 0.4) is 0 Å². The minimum atomic E-state index is -0.500. The highest BCUT2D eigenvalue weighted by molar-refractivity contribution is 6.27. The Balaban J connectivity index is 1.24. The van der Waals surface area contributed by atoms with Crippen LogP contribution in [0.15, 0.2) is 194 Å². The lowest BCUT2D eigenvalue weighted by Crippen LogP contribution is -2.26. The van der Waals surface area contributed by atoms with E-state index >= 15 is 0 Å². The van der Waals surface area contributed by atoms with Crippen molar-refractivity contribution in [2.24, 2.45) is 0 Å². The highest BCUT2D eigenvalue weighted by atomic mass is 14.5. The van der Waals surface area contributed by atoms with Crippen LogP contribution in [-0.2, 0) is 5.41 Å². The molecule has 0 saturated heterocycles. The largest absolute Gasteiger partial charge is 0.0732 e. The number of fused-ring (bicyclic) bond motifs is 23. The Bertz CT molecular complexity index is 3410. The molecule has 0 aromatic heterocycles. The van der Waals surface area contributed by atoms with Gasteiger partial charge in [-0.3, -0.25) is 0 Å². The quantitative estimate of drug-likeness (QED) is 0.150. The average molecular weight is 693 g/mol. The third-order valence-corrected chi connectivity index (χ3v) is 13.0. The minimum Gasteiger partial charge on any atom is -0.0619 e. The molecule has 0 atom stereocenters. The van der Waals surface area contributed by atoms with E-state index in [4.69, 9.17) is 0 Å². The van der Waals surface area contributed by atoms with E-state index in [1.165, 1.54) is 120 Å². The second-order valence-corrected chi connectivity index (χ2v) is 15.4. The second-order valence-electron chi connectivity index (χ2n) is 15.4. The molecule has 11 aromatic rings. The minimum absolute atomic E-state index is 0.500. The first kappa shape index (κ1) is 29.4. The van der Waals surface area contributed by atoms with Crippen LogP contribution < -0.4 is 0 Å². The Kier molecular flexibility index (Phi) is 5.65. The van der Waals surface area contributed by atoms with Gasteiger partial charge in [-0.1, -0.05) is 182 Å². The monoisotopic (exact) mass is 692 g/mol. The predicted molar refractivity (Wildman–Crippen MR) is 233 cm³/mol. The van der Waals surface area contributed by atoms with Gasteiger partial charge in [0.2, 0.25) is 0 Å². The average Bonchev–Trinajstić information content (AvgIpc) is 3.74. The summed E-state index contributed by atoms with van der Waals surface area (Å²) in [6.07, 6.45) is 0. The van der Waals surface area contributed by atoms with Gasteiger partial charge in [-0.25, -0.2) is 0 Å². The summed E-state index contributed by atoms with van der Waals surface area (Å²) in [7, 11) is 0. The zero-order chi connectivity index (χ0) is 35.8. The van der Waals surface area contributed by atoms with Crippen LogP contribution in [0.1, 0.15) is 22.3 Å². The molecule has 0 heteroatoms. The van der Waals surface area contributed by atoms with E-state index in [2.05, 4.69) is 194 Å². The summed E-state index contributed by atoms with van der Waals surface area (Å²) in [5, 5.41) is 15.6. The van der Waals surface area contributed by atoms with Crippen molar-refractivity contribution < 1.29 is 0 Å². The highest BCUT2D eigenvalue weighted by Crippen LogP contribution is 2.67. The molecule has 0 saturated carbocycles. The number of benzene rings is 11. The van der Waals surface area contributed by atoms with E-state index in [9.17, 15) is 0 Å². The third kappa shape index (κ3) is 3.58. The van der Waals surface area contributed by atoms with Gasteiger partial charge in [-0.2, -0.15) is 0 Å². The Morgan fingerprint density at radius 1 is 0.236 bits per heavy atom. The van der Waals surface area contributed by atoms with E-state index < -0.39 is 5.41 Å². The summed E-state index contributed by atoms with van der Waals surface area (Å²) < 4.78 is 0. The van der Waals surface area contributed by atoms with E-state index in [0.717, 1.165) is 0 Å². The molecule has 1 spiro atoms. The number of hydrogen-bond donors (Lipinski definition) is 0. The van der Waals surface area contributed by atoms with Crippen LogP contribution >= 0.6 is 0 Å². The van der Waals surface area contributed by atoms with Crippen LogP contribution in [0.25, 0.3) is 98.0 Å². The standard InChI is InChI=1S/C55H32/c1-2-17-36-34(15-1)35-16-3-4-20-39(35)48-31-33(29-30-41(36)48)47-32-51-52(44-24-8-6-21-40(44)47)53-45-25-9-5-18-37(45)38-19-7-10-26-46(38)54(53)55(51)49-27-13-11-22-42(49)43-23-12-14-28-50(43)55/h1-32H. The molecule has 2 aliphatic carbocycles. The maximum atomic E-state index is 2.59. The summed E-state index contributed by atoms with van der Waals surface area (Å²) >= 11 is 0. The van der Waals surface area contributed by atoms with Crippen molar-refractivity contribution in [2.75, 3.05) is 0 Å². The first-order chi connectivity index (χ1) is 27.3. The molecule has 0 unspecified atom stereocenters. The molecular weight excluding hydrogens is 661 g/mol. The molecular formula is C55H32. The van der Waals surface area contributed by atoms with Gasteiger partial charge in [0, 0.05) is 0 Å². The molecule has 2 aliphatic rings.